The smallest absolute Gasteiger partial charge is 0.162 e. The molecule has 0 spiro atoms. The van der Waals surface area contributed by atoms with E-state index in [0.717, 1.165) is 19.3 Å². The predicted molar refractivity (Wildman–Crippen MR) is 92.4 cm³/mol. The van der Waals surface area contributed by atoms with Gasteiger partial charge in [0.1, 0.15) is 0 Å². The van der Waals surface area contributed by atoms with E-state index in [-0.39, 0.29) is 0 Å². The Balaban J connectivity index is 3.12. The Morgan fingerprint density at radius 3 is 1.24 bits per heavy atom. The summed E-state index contributed by atoms with van der Waals surface area (Å²) in [6.45, 7) is 4.26. The van der Waals surface area contributed by atoms with Crippen LogP contribution in [0.2, 0.25) is 0 Å². The lowest BCUT2D eigenvalue weighted by atomic mass is 10.0. The molecular weight excluding hydrogens is 260 g/mol. The van der Waals surface area contributed by atoms with Crippen molar-refractivity contribution < 1.29 is 10.2 Å². The second-order valence-electron chi connectivity index (χ2n) is 6.73. The fourth-order valence-electron chi connectivity index (χ4n) is 2.95. The average molecular weight is 301 g/mol. The van der Waals surface area contributed by atoms with Gasteiger partial charge >= 0.3 is 0 Å². The average Bonchev–Trinajstić information content (AvgIpc) is 2.44. The Kier molecular flexibility index (Phi) is 14.8. The van der Waals surface area contributed by atoms with Crippen molar-refractivity contribution in [1.82, 2.24) is 0 Å². The van der Waals surface area contributed by atoms with Gasteiger partial charge in [-0.3, -0.25) is 0 Å². The Labute approximate surface area is 133 Å². The number of hydrogen-bond donors (Lipinski definition) is 2. The van der Waals surface area contributed by atoms with Gasteiger partial charge in [-0.15, -0.1) is 0 Å². The fourth-order valence-corrected chi connectivity index (χ4v) is 2.95. The van der Waals surface area contributed by atoms with Crippen molar-refractivity contribution in [3.8, 4) is 0 Å². The molecule has 0 atom stereocenters. The number of rotatable bonds is 16. The van der Waals surface area contributed by atoms with E-state index in [2.05, 4.69) is 6.92 Å². The zero-order valence-corrected chi connectivity index (χ0v) is 14.7. The van der Waals surface area contributed by atoms with Crippen LogP contribution in [0, 0.1) is 0 Å². The van der Waals surface area contributed by atoms with Crippen molar-refractivity contribution in [3.05, 3.63) is 0 Å². The van der Waals surface area contributed by atoms with E-state index >= 15 is 0 Å². The summed E-state index contributed by atoms with van der Waals surface area (Å²) >= 11 is 0. The van der Waals surface area contributed by atoms with Crippen LogP contribution in [-0.2, 0) is 0 Å². The van der Waals surface area contributed by atoms with Crippen LogP contribution < -0.4 is 0 Å². The van der Waals surface area contributed by atoms with Crippen molar-refractivity contribution in [3.63, 3.8) is 0 Å². The Morgan fingerprint density at radius 2 is 0.857 bits per heavy atom. The van der Waals surface area contributed by atoms with E-state index in [1.54, 1.807) is 0 Å². The molecule has 21 heavy (non-hydrogen) atoms. The van der Waals surface area contributed by atoms with Gasteiger partial charge in [0.25, 0.3) is 0 Å². The van der Waals surface area contributed by atoms with Crippen molar-refractivity contribution in [2.75, 3.05) is 0 Å². The van der Waals surface area contributed by atoms with Crippen LogP contribution in [0.3, 0.4) is 0 Å². The van der Waals surface area contributed by atoms with Gasteiger partial charge in [0, 0.05) is 12.8 Å². The largest absolute Gasteiger partial charge is 0.366 e. The number of unbranched alkanes of at least 4 members (excludes halogenated alkanes) is 12. The van der Waals surface area contributed by atoms with Gasteiger partial charge in [-0.2, -0.15) is 0 Å². The highest BCUT2D eigenvalue weighted by Gasteiger charge is 2.20. The van der Waals surface area contributed by atoms with Crippen molar-refractivity contribution >= 4 is 0 Å². The van der Waals surface area contributed by atoms with E-state index in [1.165, 1.54) is 70.6 Å². The maximum atomic E-state index is 9.65. The molecule has 2 nitrogen and oxygen atoms in total. The fraction of sp³-hybridized carbons (Fsp3) is 1.00. The minimum absolute atomic E-state index is 0.505. The van der Waals surface area contributed by atoms with E-state index in [9.17, 15) is 10.2 Å². The Hall–Kier alpha value is -0.0800. The van der Waals surface area contributed by atoms with E-state index < -0.39 is 5.79 Å². The summed E-state index contributed by atoms with van der Waals surface area (Å²) in [6.07, 6.45) is 19.1. The van der Waals surface area contributed by atoms with Crippen LogP contribution in [-0.4, -0.2) is 16.0 Å². The van der Waals surface area contributed by atoms with Crippen LogP contribution in [0.4, 0.5) is 0 Å². The van der Waals surface area contributed by atoms with E-state index in [0.29, 0.717) is 12.8 Å². The molecule has 0 saturated carbocycles. The molecule has 0 radical (unpaired) electrons. The second-order valence-corrected chi connectivity index (χ2v) is 6.73. The first kappa shape index (κ1) is 20.9. The first-order valence-corrected chi connectivity index (χ1v) is 9.57. The second kappa shape index (κ2) is 14.8. The molecule has 0 aliphatic rings. The highest BCUT2D eigenvalue weighted by molar-refractivity contribution is 4.63. The van der Waals surface area contributed by atoms with Gasteiger partial charge in [-0.05, 0) is 6.42 Å². The quantitative estimate of drug-likeness (QED) is 0.273. The van der Waals surface area contributed by atoms with Crippen LogP contribution in [0.25, 0.3) is 0 Å². The molecule has 0 amide bonds. The first-order chi connectivity index (χ1) is 10.1. The van der Waals surface area contributed by atoms with Gasteiger partial charge in [0.2, 0.25) is 0 Å². The molecule has 0 saturated heterocycles. The molecule has 0 aromatic heterocycles. The Bertz CT molecular complexity index is 202. The molecule has 2 heteroatoms. The van der Waals surface area contributed by atoms with Crippen molar-refractivity contribution in [1.29, 1.82) is 0 Å². The van der Waals surface area contributed by atoms with Gasteiger partial charge in [0.05, 0.1) is 0 Å². The summed E-state index contributed by atoms with van der Waals surface area (Å²) in [7, 11) is 0. The summed E-state index contributed by atoms with van der Waals surface area (Å²) in [5, 5.41) is 19.3. The zero-order chi connectivity index (χ0) is 15.8. The maximum Gasteiger partial charge on any atom is 0.162 e. The molecular formula is C19H40O2. The van der Waals surface area contributed by atoms with Gasteiger partial charge < -0.3 is 10.2 Å². The van der Waals surface area contributed by atoms with Crippen LogP contribution in [0.1, 0.15) is 117 Å². The molecule has 0 heterocycles. The molecule has 128 valence electrons. The third kappa shape index (κ3) is 16.1. The number of aliphatic hydroxyl groups is 2. The lowest BCUT2D eigenvalue weighted by Crippen LogP contribution is -2.27. The minimum atomic E-state index is -1.41. The maximum absolute atomic E-state index is 9.65. The highest BCUT2D eigenvalue weighted by atomic mass is 16.5. The van der Waals surface area contributed by atoms with Gasteiger partial charge in [-0.1, -0.05) is 97.3 Å². The molecule has 0 aliphatic carbocycles. The monoisotopic (exact) mass is 300 g/mol. The first-order valence-electron chi connectivity index (χ1n) is 9.57. The molecule has 0 aliphatic heterocycles. The molecule has 0 rings (SSSR count). The molecule has 0 bridgehead atoms. The van der Waals surface area contributed by atoms with Gasteiger partial charge in [-0.25, -0.2) is 0 Å². The van der Waals surface area contributed by atoms with Crippen molar-refractivity contribution in [2.45, 2.75) is 122 Å². The SMILES string of the molecule is CCCCCCCCCCCCCCCC(O)(O)CCC. The topological polar surface area (TPSA) is 40.5 Å². The van der Waals surface area contributed by atoms with Gasteiger partial charge in [0.15, 0.2) is 5.79 Å². The summed E-state index contributed by atoms with van der Waals surface area (Å²) in [4.78, 5) is 0. The normalized spacial score (nSPS) is 12.0. The van der Waals surface area contributed by atoms with Crippen LogP contribution >= 0.6 is 0 Å². The third-order valence-electron chi connectivity index (χ3n) is 4.33. The lowest BCUT2D eigenvalue weighted by molar-refractivity contribution is -0.171. The van der Waals surface area contributed by atoms with Crippen molar-refractivity contribution in [2.24, 2.45) is 0 Å². The molecule has 0 fully saturated rings. The molecule has 0 aromatic carbocycles. The highest BCUT2D eigenvalue weighted by Crippen LogP contribution is 2.19. The summed E-state index contributed by atoms with van der Waals surface area (Å²) < 4.78 is 0. The Morgan fingerprint density at radius 1 is 0.476 bits per heavy atom. The standard InChI is InChI=1S/C19H40O2/c1-3-5-6-7-8-9-10-11-12-13-14-15-16-18-19(20,21)17-4-2/h20-21H,3-18H2,1-2H3. The number of hydrogen-bond acceptors (Lipinski definition) is 2. The summed E-state index contributed by atoms with van der Waals surface area (Å²) in [5.41, 5.74) is 0. The summed E-state index contributed by atoms with van der Waals surface area (Å²) in [6, 6.07) is 0. The predicted octanol–water partition coefficient (Wildman–Crippen LogP) is 5.95. The molecule has 0 aromatic rings. The van der Waals surface area contributed by atoms with E-state index in [1.807, 2.05) is 6.92 Å². The van der Waals surface area contributed by atoms with Crippen LogP contribution in [0.15, 0.2) is 0 Å². The van der Waals surface area contributed by atoms with E-state index in [4.69, 9.17) is 0 Å². The third-order valence-corrected chi connectivity index (χ3v) is 4.33. The lowest BCUT2D eigenvalue weighted by Gasteiger charge is -2.20. The minimum Gasteiger partial charge on any atom is -0.366 e. The zero-order valence-electron chi connectivity index (χ0n) is 14.7. The molecule has 2 N–H and O–H groups in total. The van der Waals surface area contributed by atoms with Crippen LogP contribution in [0.5, 0.6) is 0 Å². The summed E-state index contributed by atoms with van der Waals surface area (Å²) in [5.74, 6) is -1.41. The molecule has 0 unspecified atom stereocenters.